The highest BCUT2D eigenvalue weighted by molar-refractivity contribution is 5.93. The van der Waals surface area contributed by atoms with E-state index < -0.39 is 0 Å². The zero-order chi connectivity index (χ0) is 25.5. The van der Waals surface area contributed by atoms with Gasteiger partial charge in [-0.1, -0.05) is 17.7 Å². The van der Waals surface area contributed by atoms with Gasteiger partial charge in [0.2, 0.25) is 11.9 Å². The van der Waals surface area contributed by atoms with Crippen molar-refractivity contribution in [2.75, 3.05) is 38.7 Å². The summed E-state index contributed by atoms with van der Waals surface area (Å²) in [6.07, 6.45) is 3.66. The van der Waals surface area contributed by atoms with E-state index in [9.17, 15) is 9.59 Å². The normalized spacial score (nSPS) is 14.9. The number of imidazole rings is 1. The molecule has 36 heavy (non-hydrogen) atoms. The summed E-state index contributed by atoms with van der Waals surface area (Å²) in [5.74, 6) is 0.795. The number of hydrogen-bond acceptors (Lipinski definition) is 5. The van der Waals surface area contributed by atoms with Crippen LogP contribution in [0.1, 0.15) is 25.3 Å². The molecule has 2 heterocycles. The molecule has 0 bridgehead atoms. The summed E-state index contributed by atoms with van der Waals surface area (Å²) in [5, 5.41) is 5.70. The summed E-state index contributed by atoms with van der Waals surface area (Å²) in [6.45, 7) is 5.29. The summed E-state index contributed by atoms with van der Waals surface area (Å²) >= 11 is 0. The van der Waals surface area contributed by atoms with Crippen molar-refractivity contribution in [1.82, 2.24) is 19.8 Å². The first-order chi connectivity index (χ1) is 17.5. The molecule has 1 fully saturated rings. The molecule has 3 amide bonds. The van der Waals surface area contributed by atoms with Crippen LogP contribution in [0.3, 0.4) is 0 Å². The molecule has 1 atom stereocenters. The van der Waals surface area contributed by atoms with Crippen LogP contribution in [0.25, 0.3) is 16.9 Å². The molecule has 1 aliphatic rings. The second-order valence-corrected chi connectivity index (χ2v) is 8.78. The van der Waals surface area contributed by atoms with Crippen molar-refractivity contribution in [3.8, 4) is 22.7 Å². The molecule has 1 aliphatic heterocycles. The van der Waals surface area contributed by atoms with Crippen LogP contribution in [0, 0.1) is 6.92 Å². The van der Waals surface area contributed by atoms with Gasteiger partial charge >= 0.3 is 6.03 Å². The molecule has 0 saturated carbocycles. The minimum atomic E-state index is -0.334. The molecular formula is C27H33N5O4. The molecule has 9 heteroatoms. The van der Waals surface area contributed by atoms with E-state index in [1.165, 1.54) is 4.90 Å². The maximum absolute atomic E-state index is 13.1. The van der Waals surface area contributed by atoms with Crippen molar-refractivity contribution in [3.63, 3.8) is 0 Å². The number of aryl methyl sites for hydroxylation is 1. The average molecular weight is 492 g/mol. The van der Waals surface area contributed by atoms with E-state index in [4.69, 9.17) is 14.5 Å². The molecule has 0 aliphatic carbocycles. The number of anilines is 1. The average Bonchev–Trinajstić information content (AvgIpc) is 3.54. The highest BCUT2D eigenvalue weighted by atomic mass is 16.5. The number of carbonyl (C=O) groups excluding carboxylic acids is 2. The van der Waals surface area contributed by atoms with Gasteiger partial charge < -0.3 is 19.7 Å². The third-order valence-electron chi connectivity index (χ3n) is 6.05. The van der Waals surface area contributed by atoms with E-state index in [1.807, 2.05) is 73.1 Å². The quantitative estimate of drug-likeness (QED) is 0.472. The van der Waals surface area contributed by atoms with Gasteiger partial charge in [-0.2, -0.15) is 0 Å². The lowest BCUT2D eigenvalue weighted by Gasteiger charge is -2.25. The predicted molar refractivity (Wildman–Crippen MR) is 139 cm³/mol. The predicted octanol–water partition coefficient (Wildman–Crippen LogP) is 4.01. The van der Waals surface area contributed by atoms with Gasteiger partial charge in [0.05, 0.1) is 18.9 Å². The number of hydrogen-bond donors (Lipinski definition) is 2. The Kier molecular flexibility index (Phi) is 8.22. The molecule has 9 nitrogen and oxygen atoms in total. The van der Waals surface area contributed by atoms with Crippen LogP contribution in [0.4, 0.5) is 10.7 Å². The van der Waals surface area contributed by atoms with E-state index >= 15 is 0 Å². The maximum atomic E-state index is 13.1. The Morgan fingerprint density at radius 1 is 1.17 bits per heavy atom. The van der Waals surface area contributed by atoms with Crippen LogP contribution in [-0.2, 0) is 9.53 Å². The maximum Gasteiger partial charge on any atom is 0.317 e. The number of urea groups is 1. The van der Waals surface area contributed by atoms with Gasteiger partial charge in [0.1, 0.15) is 12.3 Å². The Morgan fingerprint density at radius 3 is 2.56 bits per heavy atom. The Balaban J connectivity index is 1.58. The van der Waals surface area contributed by atoms with Crippen LogP contribution in [0.5, 0.6) is 5.75 Å². The smallest absolute Gasteiger partial charge is 0.317 e. The Morgan fingerprint density at radius 2 is 1.92 bits per heavy atom. The zero-order valence-electron chi connectivity index (χ0n) is 21.0. The molecule has 1 saturated heterocycles. The molecule has 3 aromatic rings. The second-order valence-electron chi connectivity index (χ2n) is 8.78. The van der Waals surface area contributed by atoms with Gasteiger partial charge in [0, 0.05) is 37.1 Å². The molecular weight excluding hydrogens is 458 g/mol. The van der Waals surface area contributed by atoms with Crippen molar-refractivity contribution < 1.29 is 19.1 Å². The third kappa shape index (κ3) is 6.23. The van der Waals surface area contributed by atoms with Gasteiger partial charge in [-0.15, -0.1) is 0 Å². The molecule has 2 aromatic carbocycles. The highest BCUT2D eigenvalue weighted by Gasteiger charge is 2.25. The molecule has 1 aromatic heterocycles. The molecule has 190 valence electrons. The lowest BCUT2D eigenvalue weighted by molar-refractivity contribution is -0.117. The number of benzene rings is 2. The minimum Gasteiger partial charge on any atom is -0.497 e. The van der Waals surface area contributed by atoms with Gasteiger partial charge in [-0.3, -0.25) is 14.7 Å². The monoisotopic (exact) mass is 491 g/mol. The molecule has 2 N–H and O–H groups in total. The summed E-state index contributed by atoms with van der Waals surface area (Å²) in [6, 6.07) is 15.3. The number of ether oxygens (including phenoxy) is 2. The fourth-order valence-corrected chi connectivity index (χ4v) is 4.13. The lowest BCUT2D eigenvalue weighted by Crippen LogP contribution is -2.47. The van der Waals surface area contributed by atoms with Gasteiger partial charge in [0.15, 0.2) is 0 Å². The van der Waals surface area contributed by atoms with Crippen molar-refractivity contribution in [1.29, 1.82) is 0 Å². The topological polar surface area (TPSA) is 97.7 Å². The van der Waals surface area contributed by atoms with Crippen LogP contribution >= 0.6 is 0 Å². The van der Waals surface area contributed by atoms with E-state index in [0.29, 0.717) is 31.3 Å². The lowest BCUT2D eigenvalue weighted by atomic mass is 10.1. The van der Waals surface area contributed by atoms with Crippen LogP contribution < -0.4 is 15.4 Å². The summed E-state index contributed by atoms with van der Waals surface area (Å²) in [5.41, 5.74) is 3.59. The van der Waals surface area contributed by atoms with E-state index in [2.05, 4.69) is 10.6 Å². The number of amides is 3. The first-order valence-electron chi connectivity index (χ1n) is 12.2. The number of rotatable bonds is 9. The van der Waals surface area contributed by atoms with Crippen LogP contribution in [-0.4, -0.2) is 65.8 Å². The second kappa shape index (κ2) is 11.7. The number of nitrogens with one attached hydrogen (secondary N) is 2. The summed E-state index contributed by atoms with van der Waals surface area (Å²) < 4.78 is 12.8. The van der Waals surface area contributed by atoms with E-state index in [0.717, 1.165) is 35.4 Å². The van der Waals surface area contributed by atoms with Gasteiger partial charge in [0.25, 0.3) is 0 Å². The first-order valence-corrected chi connectivity index (χ1v) is 12.2. The van der Waals surface area contributed by atoms with Crippen molar-refractivity contribution in [2.45, 2.75) is 32.8 Å². The van der Waals surface area contributed by atoms with E-state index in [-0.39, 0.29) is 24.6 Å². The Labute approximate surface area is 211 Å². The molecule has 4 rings (SSSR count). The SMILES string of the molecule is CCNC(=O)N(CC(=O)Nc1nc(-c2ccc(OC)cc2)cn1-c1ccc(C)cc1)CC1CCCO1. The van der Waals surface area contributed by atoms with Gasteiger partial charge in [-0.25, -0.2) is 9.78 Å². The largest absolute Gasteiger partial charge is 0.497 e. The molecule has 0 spiro atoms. The van der Waals surface area contributed by atoms with Crippen LogP contribution in [0.15, 0.2) is 54.7 Å². The van der Waals surface area contributed by atoms with E-state index in [1.54, 1.807) is 7.11 Å². The van der Waals surface area contributed by atoms with Crippen molar-refractivity contribution in [2.24, 2.45) is 0 Å². The number of carbonyl (C=O) groups is 2. The third-order valence-corrected chi connectivity index (χ3v) is 6.05. The van der Waals surface area contributed by atoms with Crippen molar-refractivity contribution >= 4 is 17.9 Å². The Hall–Kier alpha value is -3.85. The highest BCUT2D eigenvalue weighted by Crippen LogP contribution is 2.26. The molecule has 1 unspecified atom stereocenters. The zero-order valence-corrected chi connectivity index (χ0v) is 21.0. The minimum absolute atomic E-state index is 0.0587. The standard InChI is InChI=1S/C27H33N5O4/c1-4-28-27(34)31(16-23-6-5-15-36-23)18-25(33)30-26-29-24(20-9-13-22(35-3)14-10-20)17-32(26)21-11-7-19(2)8-12-21/h7-14,17,23H,4-6,15-16,18H2,1-3H3,(H,28,34)(H,29,30,33). The van der Waals surface area contributed by atoms with Crippen LogP contribution in [0.2, 0.25) is 0 Å². The van der Waals surface area contributed by atoms with Gasteiger partial charge in [-0.05, 0) is 63.1 Å². The fourth-order valence-electron chi connectivity index (χ4n) is 4.13. The van der Waals surface area contributed by atoms with Crippen molar-refractivity contribution in [3.05, 3.63) is 60.3 Å². The number of aromatic nitrogens is 2. The first kappa shape index (κ1) is 25.2. The summed E-state index contributed by atoms with van der Waals surface area (Å²) in [7, 11) is 1.62. The summed E-state index contributed by atoms with van der Waals surface area (Å²) in [4.78, 5) is 32.0. The fraction of sp³-hybridized carbons (Fsp3) is 0.370. The Bertz CT molecular complexity index is 1170. The molecule has 0 radical (unpaired) electrons. The number of nitrogens with zero attached hydrogens (tertiary/aromatic N) is 3. The number of methoxy groups -OCH3 is 1.